The topological polar surface area (TPSA) is 41.4 Å². The van der Waals surface area contributed by atoms with Crippen molar-refractivity contribution in [3.8, 4) is 0 Å². The van der Waals surface area contributed by atoms with Gasteiger partial charge in [-0.05, 0) is 44.1 Å². The van der Waals surface area contributed by atoms with E-state index < -0.39 is 0 Å². The van der Waals surface area contributed by atoms with Gasteiger partial charge in [-0.3, -0.25) is 0 Å². The van der Waals surface area contributed by atoms with Gasteiger partial charge in [0, 0.05) is 37.3 Å². The molecule has 120 valence electrons. The Morgan fingerprint density at radius 3 is 2.86 bits per heavy atom. The molecule has 2 heterocycles. The van der Waals surface area contributed by atoms with E-state index >= 15 is 0 Å². The highest BCUT2D eigenvalue weighted by atomic mass is 127. The monoisotopic (exact) mass is 422 g/mol. The number of aryl methyl sites for hydroxylation is 1. The molecule has 0 aromatic carbocycles. The predicted octanol–water partition coefficient (Wildman–Crippen LogP) is 2.98. The van der Waals surface area contributed by atoms with Crippen molar-refractivity contribution in [3.05, 3.63) is 24.0 Å². The molecule has 2 rings (SSSR count). The van der Waals surface area contributed by atoms with Crippen molar-refractivity contribution >= 4 is 41.7 Å². The van der Waals surface area contributed by atoms with E-state index in [4.69, 9.17) is 0 Å². The van der Waals surface area contributed by atoms with Gasteiger partial charge >= 0.3 is 0 Å². The third-order valence-corrected chi connectivity index (χ3v) is 5.13. The number of rotatable bonds is 5. The molecule has 1 fully saturated rings. The molecule has 0 spiro atoms. The minimum atomic E-state index is 0. The maximum Gasteiger partial charge on any atom is 0.191 e. The Morgan fingerprint density at radius 1 is 1.48 bits per heavy atom. The maximum absolute atomic E-state index is 4.66. The number of hydrogen-bond donors (Lipinski definition) is 2. The van der Waals surface area contributed by atoms with Crippen molar-refractivity contribution in [3.63, 3.8) is 0 Å². The number of nitrogens with zero attached hydrogens (tertiary/aromatic N) is 2. The number of guanidine groups is 1. The highest BCUT2D eigenvalue weighted by Crippen LogP contribution is 2.36. The molecule has 0 radical (unpaired) electrons. The lowest BCUT2D eigenvalue weighted by Crippen LogP contribution is -2.43. The second kappa shape index (κ2) is 8.92. The Balaban J connectivity index is 0.00000220. The Kier molecular flexibility index (Phi) is 7.94. The van der Waals surface area contributed by atoms with Gasteiger partial charge in [0.15, 0.2) is 5.96 Å². The minimum absolute atomic E-state index is 0. The van der Waals surface area contributed by atoms with Crippen molar-refractivity contribution < 1.29 is 0 Å². The summed E-state index contributed by atoms with van der Waals surface area (Å²) in [7, 11) is 2.04. The molecule has 0 bridgehead atoms. The minimum Gasteiger partial charge on any atom is -0.357 e. The molecule has 1 unspecified atom stereocenters. The lowest BCUT2D eigenvalue weighted by molar-refractivity contribution is 0.584. The van der Waals surface area contributed by atoms with Crippen LogP contribution in [0.3, 0.4) is 0 Å². The number of nitrogens with one attached hydrogen (secondary N) is 2. The number of aromatic nitrogens is 1. The Labute approximate surface area is 149 Å². The van der Waals surface area contributed by atoms with Gasteiger partial charge in [-0.15, -0.1) is 24.0 Å². The van der Waals surface area contributed by atoms with Crippen LogP contribution in [-0.2, 0) is 13.6 Å². The second-order valence-electron chi connectivity index (χ2n) is 5.64. The van der Waals surface area contributed by atoms with E-state index in [-0.39, 0.29) is 24.0 Å². The van der Waals surface area contributed by atoms with Crippen LogP contribution in [0.15, 0.2) is 23.5 Å². The average Bonchev–Trinajstić information content (AvgIpc) is 3.03. The van der Waals surface area contributed by atoms with Crippen LogP contribution in [-0.4, -0.2) is 34.1 Å². The predicted molar refractivity (Wildman–Crippen MR) is 104 cm³/mol. The van der Waals surface area contributed by atoms with E-state index in [1.807, 2.05) is 7.05 Å². The molecule has 6 heteroatoms. The van der Waals surface area contributed by atoms with Gasteiger partial charge in [-0.2, -0.15) is 11.8 Å². The quantitative estimate of drug-likeness (QED) is 0.436. The number of halogens is 1. The van der Waals surface area contributed by atoms with Crippen molar-refractivity contribution in [2.45, 2.75) is 38.0 Å². The molecule has 1 aliphatic rings. The number of hydrogen-bond acceptors (Lipinski definition) is 2. The van der Waals surface area contributed by atoms with E-state index in [0.717, 1.165) is 25.6 Å². The molecule has 1 aromatic heterocycles. The lowest BCUT2D eigenvalue weighted by atomic mass is 10.1. The zero-order valence-electron chi connectivity index (χ0n) is 13.2. The van der Waals surface area contributed by atoms with Crippen LogP contribution < -0.4 is 10.6 Å². The van der Waals surface area contributed by atoms with Crippen LogP contribution in [0.4, 0.5) is 0 Å². The van der Waals surface area contributed by atoms with Gasteiger partial charge in [0.1, 0.15) is 0 Å². The largest absolute Gasteiger partial charge is 0.357 e. The maximum atomic E-state index is 4.66. The van der Waals surface area contributed by atoms with Crippen LogP contribution in [0, 0.1) is 0 Å². The molecule has 1 aliphatic heterocycles. The molecule has 1 saturated heterocycles. The fourth-order valence-corrected chi connectivity index (χ4v) is 3.66. The summed E-state index contributed by atoms with van der Waals surface area (Å²) in [5.74, 6) is 2.21. The van der Waals surface area contributed by atoms with Crippen LogP contribution in [0.2, 0.25) is 0 Å². The first-order chi connectivity index (χ1) is 9.61. The first-order valence-corrected chi connectivity index (χ1v) is 8.37. The average molecular weight is 422 g/mol. The van der Waals surface area contributed by atoms with Crippen molar-refractivity contribution in [1.29, 1.82) is 0 Å². The summed E-state index contributed by atoms with van der Waals surface area (Å²) in [6.45, 7) is 7.05. The lowest BCUT2D eigenvalue weighted by Gasteiger charge is -2.24. The summed E-state index contributed by atoms with van der Waals surface area (Å²) in [5.41, 5.74) is 1.24. The van der Waals surface area contributed by atoms with Gasteiger partial charge in [-0.25, -0.2) is 4.99 Å². The number of aliphatic imine (C=N–C) groups is 1. The van der Waals surface area contributed by atoms with Gasteiger partial charge in [0.2, 0.25) is 0 Å². The van der Waals surface area contributed by atoms with Gasteiger partial charge in [-0.1, -0.05) is 0 Å². The number of thioether (sulfide) groups is 1. The van der Waals surface area contributed by atoms with E-state index in [1.165, 1.54) is 24.2 Å². The Hall–Kier alpha value is -0.370. The molecule has 4 nitrogen and oxygen atoms in total. The van der Waals surface area contributed by atoms with E-state index in [0.29, 0.717) is 4.75 Å². The summed E-state index contributed by atoms with van der Waals surface area (Å²) in [4.78, 5) is 4.66. The normalized spacial score (nSPS) is 22.0. The molecule has 0 saturated carbocycles. The Bertz CT molecular complexity index is 452. The third-order valence-electron chi connectivity index (χ3n) is 3.59. The van der Waals surface area contributed by atoms with E-state index in [2.05, 4.69) is 64.3 Å². The van der Waals surface area contributed by atoms with Crippen LogP contribution in [0.25, 0.3) is 0 Å². The molecule has 0 amide bonds. The second-order valence-corrected chi connectivity index (χ2v) is 7.32. The van der Waals surface area contributed by atoms with Gasteiger partial charge in [0.05, 0.1) is 6.54 Å². The van der Waals surface area contributed by atoms with E-state index in [9.17, 15) is 0 Å². The van der Waals surface area contributed by atoms with Gasteiger partial charge in [0.25, 0.3) is 0 Å². The van der Waals surface area contributed by atoms with Crippen LogP contribution >= 0.6 is 35.7 Å². The smallest absolute Gasteiger partial charge is 0.191 e. The third kappa shape index (κ3) is 6.10. The summed E-state index contributed by atoms with van der Waals surface area (Å²) in [6.07, 6.45) is 6.80. The fraction of sp³-hybridized carbons (Fsp3) is 0.667. The van der Waals surface area contributed by atoms with Crippen LogP contribution in [0.1, 0.15) is 32.3 Å². The summed E-state index contributed by atoms with van der Waals surface area (Å²) >= 11 is 2.07. The molecule has 21 heavy (non-hydrogen) atoms. The summed E-state index contributed by atoms with van der Waals surface area (Å²) < 4.78 is 2.42. The SMILES string of the molecule is CCNC(=NCc1ccn(C)c1)NCC1(C)CCCS1.I. The highest BCUT2D eigenvalue weighted by Gasteiger charge is 2.29. The summed E-state index contributed by atoms with van der Waals surface area (Å²) in [6, 6.07) is 2.11. The van der Waals surface area contributed by atoms with Crippen molar-refractivity contribution in [2.24, 2.45) is 12.0 Å². The molecular formula is C15H27IN4S. The molecule has 2 N–H and O–H groups in total. The van der Waals surface area contributed by atoms with Crippen LogP contribution in [0.5, 0.6) is 0 Å². The molecule has 0 aliphatic carbocycles. The van der Waals surface area contributed by atoms with Crippen molar-refractivity contribution in [2.75, 3.05) is 18.8 Å². The fourth-order valence-electron chi connectivity index (χ4n) is 2.41. The van der Waals surface area contributed by atoms with E-state index in [1.54, 1.807) is 0 Å². The molecular weight excluding hydrogens is 395 g/mol. The first-order valence-electron chi connectivity index (χ1n) is 7.38. The van der Waals surface area contributed by atoms with Crippen molar-refractivity contribution in [1.82, 2.24) is 15.2 Å². The standard InChI is InChI=1S/C15H26N4S.HI/c1-4-16-14(17-10-13-6-8-19(3)11-13)18-12-15(2)7-5-9-20-15;/h6,8,11H,4-5,7,9-10,12H2,1-3H3,(H2,16,17,18);1H. The summed E-state index contributed by atoms with van der Waals surface area (Å²) in [5, 5.41) is 6.82. The Morgan fingerprint density at radius 2 is 2.29 bits per heavy atom. The highest BCUT2D eigenvalue weighted by molar-refractivity contribution is 14.0. The first kappa shape index (κ1) is 18.7. The molecule has 1 aromatic rings. The zero-order valence-corrected chi connectivity index (χ0v) is 16.3. The zero-order chi connectivity index (χ0) is 14.4. The van der Waals surface area contributed by atoms with Gasteiger partial charge < -0.3 is 15.2 Å². The molecule has 1 atom stereocenters.